The molecule has 1 rings (SSSR count). The summed E-state index contributed by atoms with van der Waals surface area (Å²) in [5, 5.41) is 0.686. The third-order valence-corrected chi connectivity index (χ3v) is 1.23. The highest BCUT2D eigenvalue weighted by molar-refractivity contribution is 6.30. The van der Waals surface area contributed by atoms with Crippen molar-refractivity contribution in [1.82, 2.24) is 0 Å². The molecule has 0 aliphatic heterocycles. The van der Waals surface area contributed by atoms with E-state index in [9.17, 15) is 0 Å². The van der Waals surface area contributed by atoms with Crippen molar-refractivity contribution in [2.75, 3.05) is 5.43 Å². The van der Waals surface area contributed by atoms with Gasteiger partial charge in [-0.25, -0.2) is 0 Å². The molecule has 1 aromatic rings. The molecular formula is C6H7Cl2N2-. The van der Waals surface area contributed by atoms with Crippen molar-refractivity contribution in [1.29, 1.82) is 0 Å². The standard InChI is InChI=1S/C6H7ClN2.ClH/c7-5-2-1-3-6(4-5)9-8;/h1-4,9H,8H2;1H/p-1. The normalized spacial score (nSPS) is 8.20. The van der Waals surface area contributed by atoms with Gasteiger partial charge < -0.3 is 17.8 Å². The van der Waals surface area contributed by atoms with Gasteiger partial charge in [-0.3, -0.25) is 5.84 Å². The molecular weight excluding hydrogens is 171 g/mol. The topological polar surface area (TPSA) is 38.0 Å². The number of hydrazine groups is 1. The molecule has 10 heavy (non-hydrogen) atoms. The molecule has 0 heterocycles. The second-order valence-electron chi connectivity index (χ2n) is 1.65. The number of hydrogen-bond donors (Lipinski definition) is 2. The van der Waals surface area contributed by atoms with E-state index in [2.05, 4.69) is 5.43 Å². The Labute approximate surface area is 70.7 Å². The summed E-state index contributed by atoms with van der Waals surface area (Å²) in [6.45, 7) is 0. The number of anilines is 1. The predicted molar refractivity (Wildman–Crippen MR) is 39.3 cm³/mol. The van der Waals surface area contributed by atoms with Crippen LogP contribution in [0.5, 0.6) is 0 Å². The van der Waals surface area contributed by atoms with Gasteiger partial charge in [-0.15, -0.1) is 0 Å². The Hall–Kier alpha value is -0.440. The van der Waals surface area contributed by atoms with E-state index in [1.54, 1.807) is 12.1 Å². The number of rotatable bonds is 1. The minimum Gasteiger partial charge on any atom is -1.00 e. The molecule has 3 N–H and O–H groups in total. The summed E-state index contributed by atoms with van der Waals surface area (Å²) in [5.74, 6) is 5.11. The van der Waals surface area contributed by atoms with Gasteiger partial charge in [0, 0.05) is 10.7 Å². The molecule has 0 saturated carbocycles. The van der Waals surface area contributed by atoms with Crippen LogP contribution in [-0.4, -0.2) is 0 Å². The minimum absolute atomic E-state index is 0. The first-order valence-electron chi connectivity index (χ1n) is 2.55. The molecule has 0 unspecified atom stereocenters. The van der Waals surface area contributed by atoms with Crippen molar-refractivity contribution >= 4 is 17.3 Å². The molecule has 0 bridgehead atoms. The van der Waals surface area contributed by atoms with Gasteiger partial charge in [0.25, 0.3) is 0 Å². The first-order chi connectivity index (χ1) is 4.33. The van der Waals surface area contributed by atoms with Crippen molar-refractivity contribution in [3.63, 3.8) is 0 Å². The van der Waals surface area contributed by atoms with E-state index in [0.717, 1.165) is 5.69 Å². The zero-order valence-electron chi connectivity index (χ0n) is 5.14. The van der Waals surface area contributed by atoms with Crippen LogP contribution in [0.25, 0.3) is 0 Å². The minimum atomic E-state index is 0. The summed E-state index contributed by atoms with van der Waals surface area (Å²) in [5.41, 5.74) is 3.31. The Kier molecular flexibility index (Phi) is 4.19. The highest BCUT2D eigenvalue weighted by Crippen LogP contribution is 2.12. The molecule has 0 aliphatic carbocycles. The van der Waals surface area contributed by atoms with E-state index in [1.807, 2.05) is 12.1 Å². The van der Waals surface area contributed by atoms with E-state index >= 15 is 0 Å². The second-order valence-corrected chi connectivity index (χ2v) is 2.09. The average molecular weight is 178 g/mol. The van der Waals surface area contributed by atoms with Gasteiger partial charge in [0.05, 0.1) is 0 Å². The molecule has 0 saturated heterocycles. The molecule has 4 heteroatoms. The molecule has 0 spiro atoms. The van der Waals surface area contributed by atoms with E-state index in [1.165, 1.54) is 0 Å². The number of benzene rings is 1. The second kappa shape index (κ2) is 4.39. The van der Waals surface area contributed by atoms with Crippen LogP contribution in [0.3, 0.4) is 0 Å². The van der Waals surface area contributed by atoms with Gasteiger partial charge in [0.15, 0.2) is 0 Å². The maximum absolute atomic E-state index is 5.63. The third-order valence-electron chi connectivity index (χ3n) is 0.991. The molecule has 0 radical (unpaired) electrons. The lowest BCUT2D eigenvalue weighted by Crippen LogP contribution is -3.00. The van der Waals surface area contributed by atoms with Gasteiger partial charge in [-0.1, -0.05) is 17.7 Å². The highest BCUT2D eigenvalue weighted by Gasteiger charge is 1.87. The van der Waals surface area contributed by atoms with E-state index in [-0.39, 0.29) is 12.4 Å². The summed E-state index contributed by atoms with van der Waals surface area (Å²) in [6.07, 6.45) is 0. The van der Waals surface area contributed by atoms with Gasteiger partial charge in [0.1, 0.15) is 0 Å². The van der Waals surface area contributed by atoms with Crippen molar-refractivity contribution in [2.45, 2.75) is 0 Å². The van der Waals surface area contributed by atoms with Crippen LogP contribution in [0.1, 0.15) is 0 Å². The molecule has 0 fully saturated rings. The van der Waals surface area contributed by atoms with Gasteiger partial charge in [0.2, 0.25) is 0 Å². The first kappa shape index (κ1) is 9.56. The third kappa shape index (κ3) is 2.43. The molecule has 0 aromatic heterocycles. The first-order valence-corrected chi connectivity index (χ1v) is 2.93. The zero-order valence-corrected chi connectivity index (χ0v) is 6.65. The maximum Gasteiger partial charge on any atom is 0.0499 e. The SMILES string of the molecule is NNc1cccc(Cl)c1.[Cl-]. The summed E-state index contributed by atoms with van der Waals surface area (Å²) >= 11 is 5.63. The number of nitrogen functional groups attached to an aromatic ring is 1. The van der Waals surface area contributed by atoms with Crippen molar-refractivity contribution in [2.24, 2.45) is 5.84 Å². The highest BCUT2D eigenvalue weighted by atomic mass is 35.5. The number of halogens is 2. The summed E-state index contributed by atoms with van der Waals surface area (Å²) in [6, 6.07) is 7.22. The molecule has 1 aromatic carbocycles. The van der Waals surface area contributed by atoms with Crippen molar-refractivity contribution in [3.8, 4) is 0 Å². The Morgan fingerprint density at radius 2 is 2.10 bits per heavy atom. The molecule has 56 valence electrons. The predicted octanol–water partition coefficient (Wildman–Crippen LogP) is -1.37. The van der Waals surface area contributed by atoms with Gasteiger partial charge >= 0.3 is 0 Å². The maximum atomic E-state index is 5.63. The zero-order chi connectivity index (χ0) is 6.69. The van der Waals surface area contributed by atoms with Crippen LogP contribution >= 0.6 is 11.6 Å². The van der Waals surface area contributed by atoms with Crippen LogP contribution in [0.2, 0.25) is 5.02 Å². The molecule has 0 amide bonds. The number of nitrogens with one attached hydrogen (secondary N) is 1. The average Bonchev–Trinajstić information content (AvgIpc) is 1.88. The van der Waals surface area contributed by atoms with Crippen LogP contribution in [0.4, 0.5) is 5.69 Å². The Morgan fingerprint density at radius 3 is 2.50 bits per heavy atom. The fourth-order valence-corrected chi connectivity index (χ4v) is 0.769. The lowest BCUT2D eigenvalue weighted by molar-refractivity contribution is -0.00000180. The largest absolute Gasteiger partial charge is 1.00 e. The van der Waals surface area contributed by atoms with E-state index in [4.69, 9.17) is 17.4 Å². The van der Waals surface area contributed by atoms with Crippen LogP contribution in [-0.2, 0) is 0 Å². The van der Waals surface area contributed by atoms with Crippen LogP contribution in [0.15, 0.2) is 24.3 Å². The number of hydrogen-bond acceptors (Lipinski definition) is 2. The fourth-order valence-electron chi connectivity index (χ4n) is 0.578. The summed E-state index contributed by atoms with van der Waals surface area (Å²) in [4.78, 5) is 0. The van der Waals surface area contributed by atoms with Crippen molar-refractivity contribution in [3.05, 3.63) is 29.3 Å². The lowest BCUT2D eigenvalue weighted by Gasteiger charge is -1.96. The summed E-state index contributed by atoms with van der Waals surface area (Å²) in [7, 11) is 0. The quantitative estimate of drug-likeness (QED) is 0.411. The molecule has 0 atom stereocenters. The van der Waals surface area contributed by atoms with Gasteiger partial charge in [-0.05, 0) is 18.2 Å². The summed E-state index contributed by atoms with van der Waals surface area (Å²) < 4.78 is 0. The molecule has 2 nitrogen and oxygen atoms in total. The van der Waals surface area contributed by atoms with E-state index in [0.29, 0.717) is 5.02 Å². The van der Waals surface area contributed by atoms with E-state index < -0.39 is 0 Å². The monoisotopic (exact) mass is 177 g/mol. The van der Waals surface area contributed by atoms with Gasteiger partial charge in [-0.2, -0.15) is 0 Å². The van der Waals surface area contributed by atoms with Crippen LogP contribution < -0.4 is 23.7 Å². The number of nitrogens with two attached hydrogens (primary N) is 1. The molecule has 0 aliphatic rings. The van der Waals surface area contributed by atoms with Crippen molar-refractivity contribution < 1.29 is 12.4 Å². The smallest absolute Gasteiger partial charge is 0.0499 e. The Bertz CT molecular complexity index is 203. The fraction of sp³-hybridized carbons (Fsp3) is 0. The van der Waals surface area contributed by atoms with Crippen LogP contribution in [0, 0.1) is 0 Å². The lowest BCUT2D eigenvalue weighted by atomic mass is 10.3. The Morgan fingerprint density at radius 1 is 1.40 bits per heavy atom. The Balaban J connectivity index is 0.000000810.